The SMILES string of the molecule is Cc1ccc(CNc2cccc(C)c2Br)cc1Cl. The smallest absolute Gasteiger partial charge is 0.0490 e. The highest BCUT2D eigenvalue weighted by atomic mass is 79.9. The quantitative estimate of drug-likeness (QED) is 0.804. The lowest BCUT2D eigenvalue weighted by molar-refractivity contribution is 1.14. The van der Waals surface area contributed by atoms with Crippen molar-refractivity contribution in [2.24, 2.45) is 0 Å². The van der Waals surface area contributed by atoms with Crippen molar-refractivity contribution in [2.75, 3.05) is 5.32 Å². The topological polar surface area (TPSA) is 12.0 Å². The largest absolute Gasteiger partial charge is 0.380 e. The Morgan fingerprint density at radius 2 is 1.89 bits per heavy atom. The number of halogens is 2. The molecule has 0 saturated carbocycles. The van der Waals surface area contributed by atoms with Gasteiger partial charge >= 0.3 is 0 Å². The van der Waals surface area contributed by atoms with Crippen LogP contribution in [-0.2, 0) is 6.54 Å². The summed E-state index contributed by atoms with van der Waals surface area (Å²) in [6.45, 7) is 4.86. The van der Waals surface area contributed by atoms with E-state index in [0.717, 1.165) is 27.3 Å². The summed E-state index contributed by atoms with van der Waals surface area (Å²) in [7, 11) is 0. The van der Waals surface area contributed by atoms with Gasteiger partial charge in [0.25, 0.3) is 0 Å². The van der Waals surface area contributed by atoms with Crippen molar-refractivity contribution >= 4 is 33.2 Å². The summed E-state index contributed by atoms with van der Waals surface area (Å²) >= 11 is 9.71. The Hall–Kier alpha value is -0.990. The molecule has 1 nitrogen and oxygen atoms in total. The first-order valence-corrected chi connectivity index (χ1v) is 6.99. The number of benzene rings is 2. The Bertz CT molecular complexity index is 566. The zero-order valence-electron chi connectivity index (χ0n) is 10.4. The van der Waals surface area contributed by atoms with Crippen molar-refractivity contribution in [3.05, 3.63) is 62.6 Å². The van der Waals surface area contributed by atoms with Gasteiger partial charge in [0.15, 0.2) is 0 Å². The van der Waals surface area contributed by atoms with Crippen LogP contribution in [0, 0.1) is 13.8 Å². The van der Waals surface area contributed by atoms with Gasteiger partial charge in [-0.05, 0) is 58.6 Å². The molecule has 0 unspecified atom stereocenters. The van der Waals surface area contributed by atoms with Gasteiger partial charge in [-0.1, -0.05) is 35.9 Å². The molecule has 2 rings (SSSR count). The van der Waals surface area contributed by atoms with Crippen molar-refractivity contribution in [3.8, 4) is 0 Å². The Kier molecular flexibility index (Phi) is 4.31. The van der Waals surface area contributed by atoms with Crippen LogP contribution < -0.4 is 5.32 Å². The van der Waals surface area contributed by atoms with Gasteiger partial charge in [0.05, 0.1) is 0 Å². The standard InChI is InChI=1S/C15H15BrClN/c1-10-6-7-12(8-13(10)17)9-18-14-5-3-4-11(2)15(14)16/h3-8,18H,9H2,1-2H3. The maximum atomic E-state index is 6.12. The van der Waals surface area contributed by atoms with Crippen LogP contribution in [0.1, 0.15) is 16.7 Å². The van der Waals surface area contributed by atoms with E-state index < -0.39 is 0 Å². The van der Waals surface area contributed by atoms with E-state index in [1.54, 1.807) is 0 Å². The lowest BCUT2D eigenvalue weighted by atomic mass is 10.1. The molecular weight excluding hydrogens is 310 g/mol. The Morgan fingerprint density at radius 3 is 2.61 bits per heavy atom. The fourth-order valence-electron chi connectivity index (χ4n) is 1.73. The Balaban J connectivity index is 2.11. The molecule has 0 aromatic heterocycles. The third kappa shape index (κ3) is 3.06. The van der Waals surface area contributed by atoms with Gasteiger partial charge in [-0.3, -0.25) is 0 Å². The fourth-order valence-corrected chi connectivity index (χ4v) is 2.34. The molecule has 0 fully saturated rings. The van der Waals surface area contributed by atoms with E-state index >= 15 is 0 Å². The molecule has 0 bridgehead atoms. The number of hydrogen-bond acceptors (Lipinski definition) is 1. The minimum absolute atomic E-state index is 0.766. The highest BCUT2D eigenvalue weighted by Crippen LogP contribution is 2.26. The van der Waals surface area contributed by atoms with Gasteiger partial charge in [-0.2, -0.15) is 0 Å². The molecule has 94 valence electrons. The summed E-state index contributed by atoms with van der Waals surface area (Å²) in [5, 5.41) is 4.23. The van der Waals surface area contributed by atoms with Crippen molar-refractivity contribution < 1.29 is 0 Å². The summed E-state index contributed by atoms with van der Waals surface area (Å²) in [5.41, 5.74) is 4.62. The maximum Gasteiger partial charge on any atom is 0.0490 e. The minimum Gasteiger partial charge on any atom is -0.380 e. The second-order valence-electron chi connectivity index (χ2n) is 4.37. The van der Waals surface area contributed by atoms with Gasteiger partial charge in [0.1, 0.15) is 0 Å². The molecule has 0 heterocycles. The van der Waals surface area contributed by atoms with Gasteiger partial charge in [0.2, 0.25) is 0 Å². The average molecular weight is 325 g/mol. The van der Waals surface area contributed by atoms with E-state index in [0.29, 0.717) is 0 Å². The molecular formula is C15H15BrClN. The second-order valence-corrected chi connectivity index (χ2v) is 5.57. The van der Waals surface area contributed by atoms with Gasteiger partial charge < -0.3 is 5.32 Å². The van der Waals surface area contributed by atoms with Crippen molar-refractivity contribution in [1.82, 2.24) is 0 Å². The first-order chi connectivity index (χ1) is 8.58. The van der Waals surface area contributed by atoms with E-state index in [1.165, 1.54) is 11.1 Å². The van der Waals surface area contributed by atoms with E-state index in [4.69, 9.17) is 11.6 Å². The zero-order chi connectivity index (χ0) is 13.1. The third-order valence-electron chi connectivity index (χ3n) is 2.91. The predicted molar refractivity (Wildman–Crippen MR) is 82.4 cm³/mol. The molecule has 3 heteroatoms. The van der Waals surface area contributed by atoms with Crippen LogP contribution in [0.25, 0.3) is 0 Å². The summed E-state index contributed by atoms with van der Waals surface area (Å²) in [6, 6.07) is 12.3. The number of aryl methyl sites for hydroxylation is 2. The minimum atomic E-state index is 0.766. The highest BCUT2D eigenvalue weighted by molar-refractivity contribution is 9.10. The van der Waals surface area contributed by atoms with E-state index in [-0.39, 0.29) is 0 Å². The molecule has 0 aliphatic rings. The van der Waals surface area contributed by atoms with Gasteiger partial charge in [-0.15, -0.1) is 0 Å². The van der Waals surface area contributed by atoms with Crippen LogP contribution in [0.15, 0.2) is 40.9 Å². The molecule has 18 heavy (non-hydrogen) atoms. The first-order valence-electron chi connectivity index (χ1n) is 5.82. The Morgan fingerprint density at radius 1 is 1.11 bits per heavy atom. The lowest BCUT2D eigenvalue weighted by Gasteiger charge is -2.11. The fraction of sp³-hybridized carbons (Fsp3) is 0.200. The molecule has 0 saturated heterocycles. The summed E-state index contributed by atoms with van der Waals surface area (Å²) in [6.07, 6.45) is 0. The van der Waals surface area contributed by atoms with Gasteiger partial charge in [0, 0.05) is 21.7 Å². The van der Waals surface area contributed by atoms with Crippen LogP contribution in [-0.4, -0.2) is 0 Å². The van der Waals surface area contributed by atoms with E-state index in [2.05, 4.69) is 46.4 Å². The van der Waals surface area contributed by atoms with Crippen LogP contribution in [0.2, 0.25) is 5.02 Å². The van der Waals surface area contributed by atoms with E-state index in [9.17, 15) is 0 Å². The third-order valence-corrected chi connectivity index (χ3v) is 4.37. The highest BCUT2D eigenvalue weighted by Gasteiger charge is 2.02. The first kappa shape index (κ1) is 13.4. The molecule has 0 spiro atoms. The predicted octanol–water partition coefficient (Wildman–Crippen LogP) is 5.33. The zero-order valence-corrected chi connectivity index (χ0v) is 12.8. The van der Waals surface area contributed by atoms with Crippen molar-refractivity contribution in [2.45, 2.75) is 20.4 Å². The Labute approximate surface area is 121 Å². The normalized spacial score (nSPS) is 10.4. The van der Waals surface area contributed by atoms with Gasteiger partial charge in [-0.25, -0.2) is 0 Å². The number of rotatable bonds is 3. The number of hydrogen-bond donors (Lipinski definition) is 1. The molecule has 0 radical (unpaired) electrons. The number of anilines is 1. The molecule has 2 aromatic carbocycles. The average Bonchev–Trinajstić information content (AvgIpc) is 2.35. The molecule has 0 atom stereocenters. The van der Waals surface area contributed by atoms with Crippen LogP contribution >= 0.6 is 27.5 Å². The molecule has 2 aromatic rings. The molecule has 0 amide bonds. The van der Waals surface area contributed by atoms with Crippen LogP contribution in [0.5, 0.6) is 0 Å². The van der Waals surface area contributed by atoms with Crippen molar-refractivity contribution in [1.29, 1.82) is 0 Å². The summed E-state index contributed by atoms with van der Waals surface area (Å²) < 4.78 is 1.11. The maximum absolute atomic E-state index is 6.12. The van der Waals surface area contributed by atoms with Crippen molar-refractivity contribution in [3.63, 3.8) is 0 Å². The summed E-state index contributed by atoms with van der Waals surface area (Å²) in [4.78, 5) is 0. The molecule has 0 aliphatic heterocycles. The van der Waals surface area contributed by atoms with Crippen LogP contribution in [0.4, 0.5) is 5.69 Å². The lowest BCUT2D eigenvalue weighted by Crippen LogP contribution is -2.00. The number of nitrogens with one attached hydrogen (secondary N) is 1. The van der Waals surface area contributed by atoms with Crippen LogP contribution in [0.3, 0.4) is 0 Å². The van der Waals surface area contributed by atoms with E-state index in [1.807, 2.05) is 25.1 Å². The molecule has 0 aliphatic carbocycles. The summed E-state index contributed by atoms with van der Waals surface area (Å²) in [5.74, 6) is 0. The molecule has 1 N–H and O–H groups in total. The second kappa shape index (κ2) is 5.77. The monoisotopic (exact) mass is 323 g/mol.